The number of pyridine rings is 1. The number of aliphatic hydroxyl groups is 1. The van der Waals surface area contributed by atoms with E-state index < -0.39 is 5.60 Å². The van der Waals surface area contributed by atoms with Gasteiger partial charge in [-0.15, -0.1) is 0 Å². The van der Waals surface area contributed by atoms with Crippen LogP contribution in [-0.2, 0) is 11.3 Å². The molecular formula is C20H29N3O2. The van der Waals surface area contributed by atoms with E-state index in [2.05, 4.69) is 16.0 Å². The summed E-state index contributed by atoms with van der Waals surface area (Å²) in [6, 6.07) is 6.01. The number of nitrogens with zero attached hydrogens (tertiary/aromatic N) is 3. The van der Waals surface area contributed by atoms with Crippen molar-refractivity contribution >= 4 is 5.91 Å². The predicted molar refractivity (Wildman–Crippen MR) is 95.7 cm³/mol. The van der Waals surface area contributed by atoms with E-state index in [1.54, 1.807) is 0 Å². The zero-order chi connectivity index (χ0) is 17.3. The molecule has 0 radical (unpaired) electrons. The molecule has 5 heteroatoms. The minimum absolute atomic E-state index is 0.157. The lowest BCUT2D eigenvalue weighted by Crippen LogP contribution is -2.60. The second-order valence-corrected chi connectivity index (χ2v) is 8.20. The zero-order valence-corrected chi connectivity index (χ0v) is 14.9. The smallest absolute Gasteiger partial charge is 0.222 e. The van der Waals surface area contributed by atoms with Crippen molar-refractivity contribution in [1.29, 1.82) is 0 Å². The van der Waals surface area contributed by atoms with Gasteiger partial charge in [0.15, 0.2) is 0 Å². The van der Waals surface area contributed by atoms with E-state index in [1.807, 2.05) is 23.2 Å². The number of amides is 1. The molecule has 136 valence electrons. The molecule has 1 amide bonds. The minimum Gasteiger partial charge on any atom is -0.389 e. The van der Waals surface area contributed by atoms with Crippen molar-refractivity contribution in [2.24, 2.45) is 11.8 Å². The highest BCUT2D eigenvalue weighted by atomic mass is 16.3. The third-order valence-corrected chi connectivity index (χ3v) is 6.51. The number of carbonyl (C=O) groups is 1. The van der Waals surface area contributed by atoms with Gasteiger partial charge in [0.05, 0.1) is 11.3 Å². The summed E-state index contributed by atoms with van der Waals surface area (Å²) in [5, 5.41) is 11.0. The Hall–Kier alpha value is -1.46. The van der Waals surface area contributed by atoms with Crippen LogP contribution in [0.3, 0.4) is 0 Å². The van der Waals surface area contributed by atoms with E-state index in [0.717, 1.165) is 44.7 Å². The number of carbonyl (C=O) groups excluding carboxylic acids is 1. The second kappa shape index (κ2) is 7.04. The Bertz CT molecular complexity index is 604. The highest BCUT2D eigenvalue weighted by Crippen LogP contribution is 2.37. The molecule has 3 aliphatic rings. The van der Waals surface area contributed by atoms with Crippen molar-refractivity contribution < 1.29 is 9.90 Å². The van der Waals surface area contributed by atoms with Crippen LogP contribution in [-0.4, -0.2) is 57.6 Å². The lowest BCUT2D eigenvalue weighted by atomic mass is 9.75. The SMILES string of the molecule is O=C(CC1CCC1)N1CC[C@@]2(O)CCN(Cc3ccccn3)C[C@H]2C1. The largest absolute Gasteiger partial charge is 0.389 e. The number of hydrogen-bond acceptors (Lipinski definition) is 4. The first-order valence-corrected chi connectivity index (χ1v) is 9.75. The van der Waals surface area contributed by atoms with Crippen LogP contribution < -0.4 is 0 Å². The molecule has 1 aromatic rings. The topological polar surface area (TPSA) is 56.7 Å². The molecule has 0 unspecified atom stereocenters. The van der Waals surface area contributed by atoms with Crippen LogP contribution >= 0.6 is 0 Å². The predicted octanol–water partition coefficient (Wildman–Crippen LogP) is 2.06. The molecule has 4 rings (SSSR count). The van der Waals surface area contributed by atoms with Crippen molar-refractivity contribution in [3.05, 3.63) is 30.1 Å². The van der Waals surface area contributed by atoms with Gasteiger partial charge in [0.2, 0.25) is 5.91 Å². The molecule has 5 nitrogen and oxygen atoms in total. The zero-order valence-electron chi connectivity index (χ0n) is 14.9. The lowest BCUT2D eigenvalue weighted by molar-refractivity contribution is -0.148. The maximum atomic E-state index is 12.6. The molecule has 3 fully saturated rings. The van der Waals surface area contributed by atoms with Crippen LogP contribution in [0.15, 0.2) is 24.4 Å². The maximum absolute atomic E-state index is 12.6. The molecule has 1 aromatic heterocycles. The standard InChI is InChI=1S/C20H29N3O2/c24-19(12-16-4-3-5-16)23-11-8-20(25)7-10-22(13-17(20)14-23)15-18-6-1-2-9-21-18/h1-2,6,9,16-17,25H,3-5,7-8,10-15H2/t17-,20-/m0/s1. The summed E-state index contributed by atoms with van der Waals surface area (Å²) >= 11 is 0. The Morgan fingerprint density at radius 1 is 1.24 bits per heavy atom. The van der Waals surface area contributed by atoms with Gasteiger partial charge in [0.1, 0.15) is 0 Å². The van der Waals surface area contributed by atoms with Crippen molar-refractivity contribution in [2.45, 2.75) is 50.7 Å². The van der Waals surface area contributed by atoms with Gasteiger partial charge in [-0.25, -0.2) is 0 Å². The van der Waals surface area contributed by atoms with Crippen LogP contribution in [0.25, 0.3) is 0 Å². The van der Waals surface area contributed by atoms with Crippen molar-refractivity contribution in [3.63, 3.8) is 0 Å². The Balaban J connectivity index is 1.36. The fourth-order valence-electron chi connectivity index (χ4n) is 4.54. The van der Waals surface area contributed by atoms with Gasteiger partial charge in [-0.2, -0.15) is 0 Å². The molecular weight excluding hydrogens is 314 g/mol. The average Bonchev–Trinajstić information content (AvgIpc) is 2.59. The molecule has 0 spiro atoms. The number of rotatable bonds is 4. The first kappa shape index (κ1) is 17.0. The van der Waals surface area contributed by atoms with E-state index in [9.17, 15) is 9.90 Å². The minimum atomic E-state index is -0.589. The summed E-state index contributed by atoms with van der Waals surface area (Å²) in [4.78, 5) is 21.4. The molecule has 3 heterocycles. The van der Waals surface area contributed by atoms with Gasteiger partial charge in [-0.3, -0.25) is 14.7 Å². The molecule has 1 saturated carbocycles. The molecule has 0 aromatic carbocycles. The normalized spacial score (nSPS) is 30.6. The molecule has 2 aliphatic heterocycles. The lowest BCUT2D eigenvalue weighted by Gasteiger charge is -2.50. The van der Waals surface area contributed by atoms with Crippen LogP contribution in [0.1, 0.15) is 44.2 Å². The highest BCUT2D eigenvalue weighted by molar-refractivity contribution is 5.76. The number of fused-ring (bicyclic) bond motifs is 1. The van der Waals surface area contributed by atoms with Gasteiger partial charge in [0.25, 0.3) is 0 Å². The van der Waals surface area contributed by atoms with Crippen LogP contribution in [0.4, 0.5) is 0 Å². The number of hydrogen-bond donors (Lipinski definition) is 1. The quantitative estimate of drug-likeness (QED) is 0.909. The molecule has 0 bridgehead atoms. The van der Waals surface area contributed by atoms with Gasteiger partial charge in [0, 0.05) is 51.3 Å². The first-order chi connectivity index (χ1) is 12.1. The van der Waals surface area contributed by atoms with Gasteiger partial charge < -0.3 is 10.0 Å². The summed E-state index contributed by atoms with van der Waals surface area (Å²) in [7, 11) is 0. The average molecular weight is 343 g/mol. The van der Waals surface area contributed by atoms with E-state index in [4.69, 9.17) is 0 Å². The molecule has 1 N–H and O–H groups in total. The third kappa shape index (κ3) is 3.72. The van der Waals surface area contributed by atoms with Gasteiger partial charge in [-0.05, 0) is 43.7 Å². The summed E-state index contributed by atoms with van der Waals surface area (Å²) in [6.45, 7) is 4.00. The number of likely N-dealkylation sites (tertiary alicyclic amines) is 2. The van der Waals surface area contributed by atoms with E-state index in [-0.39, 0.29) is 5.92 Å². The summed E-state index contributed by atoms with van der Waals surface area (Å²) in [6.07, 6.45) is 7.78. The monoisotopic (exact) mass is 343 g/mol. The van der Waals surface area contributed by atoms with E-state index in [1.165, 1.54) is 19.3 Å². The Kier molecular flexibility index (Phi) is 4.78. The Labute approximate surface area is 150 Å². The Morgan fingerprint density at radius 3 is 2.80 bits per heavy atom. The highest BCUT2D eigenvalue weighted by Gasteiger charge is 2.45. The van der Waals surface area contributed by atoms with E-state index >= 15 is 0 Å². The molecule has 1 aliphatic carbocycles. The molecule has 2 saturated heterocycles. The number of aromatic nitrogens is 1. The van der Waals surface area contributed by atoms with Gasteiger partial charge >= 0.3 is 0 Å². The van der Waals surface area contributed by atoms with E-state index in [0.29, 0.717) is 24.8 Å². The maximum Gasteiger partial charge on any atom is 0.222 e. The summed E-state index contributed by atoms with van der Waals surface area (Å²) in [5.41, 5.74) is 0.482. The van der Waals surface area contributed by atoms with Crippen molar-refractivity contribution in [2.75, 3.05) is 26.2 Å². The van der Waals surface area contributed by atoms with Crippen LogP contribution in [0.2, 0.25) is 0 Å². The third-order valence-electron chi connectivity index (χ3n) is 6.51. The van der Waals surface area contributed by atoms with Crippen molar-refractivity contribution in [3.8, 4) is 0 Å². The fourth-order valence-corrected chi connectivity index (χ4v) is 4.54. The Morgan fingerprint density at radius 2 is 2.08 bits per heavy atom. The van der Waals surface area contributed by atoms with Crippen molar-refractivity contribution in [1.82, 2.24) is 14.8 Å². The summed E-state index contributed by atoms with van der Waals surface area (Å²) < 4.78 is 0. The second-order valence-electron chi connectivity index (χ2n) is 8.20. The van der Waals surface area contributed by atoms with Crippen LogP contribution in [0, 0.1) is 11.8 Å². The molecule has 2 atom stereocenters. The molecule has 25 heavy (non-hydrogen) atoms. The van der Waals surface area contributed by atoms with Crippen LogP contribution in [0.5, 0.6) is 0 Å². The fraction of sp³-hybridized carbons (Fsp3) is 0.700. The van der Waals surface area contributed by atoms with Gasteiger partial charge in [-0.1, -0.05) is 12.5 Å². The first-order valence-electron chi connectivity index (χ1n) is 9.75. The number of piperidine rings is 2. The summed E-state index contributed by atoms with van der Waals surface area (Å²) in [5.74, 6) is 1.07.